The molecule has 0 amide bonds. The topological polar surface area (TPSA) is 35.5 Å². The van der Waals surface area contributed by atoms with Crippen molar-refractivity contribution in [1.82, 2.24) is 0 Å². The molecule has 0 aliphatic carbocycles. The SMILES string of the molecule is C/C=C(\C)[C@@H](O[Si](C)(C)C(C)(C)C)[C@@H](C)/C=C/C(=O)OC. The molecule has 3 nitrogen and oxygen atoms in total. The maximum absolute atomic E-state index is 11.3. The van der Waals surface area contributed by atoms with Crippen LogP contribution in [-0.4, -0.2) is 27.5 Å². The molecule has 0 heterocycles. The molecule has 0 aliphatic rings. The van der Waals surface area contributed by atoms with Crippen molar-refractivity contribution in [1.29, 1.82) is 0 Å². The standard InChI is InChI=1S/C17H32O3Si/c1-10-13(2)16(14(3)11-12-15(18)19-7)20-21(8,9)17(4,5)6/h10-12,14,16H,1-9H3/b12-11+,13-10+/t14-,16+/m0/s1. The monoisotopic (exact) mass is 312 g/mol. The predicted octanol–water partition coefficient (Wildman–Crippen LogP) is 4.71. The van der Waals surface area contributed by atoms with E-state index in [0.717, 1.165) is 0 Å². The first-order valence-corrected chi connectivity index (χ1v) is 10.4. The highest BCUT2D eigenvalue weighted by molar-refractivity contribution is 6.74. The van der Waals surface area contributed by atoms with Crippen LogP contribution in [0.1, 0.15) is 41.5 Å². The van der Waals surface area contributed by atoms with Crippen LogP contribution < -0.4 is 0 Å². The molecule has 2 atom stereocenters. The fraction of sp³-hybridized carbons (Fsp3) is 0.706. The molecular weight excluding hydrogens is 280 g/mol. The van der Waals surface area contributed by atoms with Gasteiger partial charge in [-0.2, -0.15) is 0 Å². The van der Waals surface area contributed by atoms with Crippen LogP contribution in [-0.2, 0) is 14.0 Å². The number of rotatable bonds is 6. The number of ether oxygens (including phenoxy) is 1. The van der Waals surface area contributed by atoms with E-state index in [1.54, 1.807) is 0 Å². The smallest absolute Gasteiger partial charge is 0.330 e. The largest absolute Gasteiger partial charge is 0.466 e. The van der Waals surface area contributed by atoms with Gasteiger partial charge in [0.05, 0.1) is 13.2 Å². The van der Waals surface area contributed by atoms with Gasteiger partial charge in [0, 0.05) is 12.0 Å². The Balaban J connectivity index is 5.24. The molecule has 0 aromatic rings. The minimum absolute atomic E-state index is 0.00297. The maximum Gasteiger partial charge on any atom is 0.330 e. The summed E-state index contributed by atoms with van der Waals surface area (Å²) >= 11 is 0. The predicted molar refractivity (Wildman–Crippen MR) is 91.8 cm³/mol. The first-order chi connectivity index (χ1) is 9.46. The van der Waals surface area contributed by atoms with Crippen molar-refractivity contribution in [2.45, 2.75) is 65.8 Å². The molecule has 0 fully saturated rings. The molecule has 4 heteroatoms. The molecule has 0 saturated carbocycles. The van der Waals surface area contributed by atoms with E-state index in [0.29, 0.717) is 0 Å². The molecule has 0 N–H and O–H groups in total. The normalized spacial score (nSPS) is 16.9. The molecular formula is C17H32O3Si. The van der Waals surface area contributed by atoms with Crippen molar-refractivity contribution in [3.05, 3.63) is 23.8 Å². The third kappa shape index (κ3) is 6.18. The lowest BCUT2D eigenvalue weighted by atomic mass is 9.98. The van der Waals surface area contributed by atoms with E-state index in [1.807, 2.05) is 13.0 Å². The average Bonchev–Trinajstić information content (AvgIpc) is 2.39. The van der Waals surface area contributed by atoms with Crippen LogP contribution in [0.4, 0.5) is 0 Å². The summed E-state index contributed by atoms with van der Waals surface area (Å²) in [7, 11) is -0.478. The van der Waals surface area contributed by atoms with Gasteiger partial charge in [0.2, 0.25) is 0 Å². The molecule has 0 radical (unpaired) electrons. The molecule has 0 saturated heterocycles. The van der Waals surface area contributed by atoms with Crippen molar-refractivity contribution in [2.24, 2.45) is 5.92 Å². The number of esters is 1. The van der Waals surface area contributed by atoms with Crippen molar-refractivity contribution in [3.63, 3.8) is 0 Å². The number of hydrogen-bond donors (Lipinski definition) is 0. The van der Waals surface area contributed by atoms with Gasteiger partial charge in [-0.25, -0.2) is 4.79 Å². The van der Waals surface area contributed by atoms with Gasteiger partial charge >= 0.3 is 5.97 Å². The zero-order valence-corrected chi connectivity index (χ0v) is 16.1. The van der Waals surface area contributed by atoms with Gasteiger partial charge in [0.25, 0.3) is 0 Å². The van der Waals surface area contributed by atoms with Gasteiger partial charge in [0.15, 0.2) is 8.32 Å². The van der Waals surface area contributed by atoms with E-state index in [9.17, 15) is 4.79 Å². The van der Waals surface area contributed by atoms with E-state index in [-0.39, 0.29) is 23.0 Å². The number of methoxy groups -OCH3 is 1. The Kier molecular flexibility index (Phi) is 7.61. The van der Waals surface area contributed by atoms with Crippen molar-refractivity contribution >= 4 is 14.3 Å². The van der Waals surface area contributed by atoms with Gasteiger partial charge in [-0.15, -0.1) is 0 Å². The molecule has 0 bridgehead atoms. The van der Waals surface area contributed by atoms with Gasteiger partial charge in [0.1, 0.15) is 0 Å². The summed E-state index contributed by atoms with van der Waals surface area (Å²) in [6.45, 7) is 17.4. The molecule has 0 aromatic carbocycles. The van der Waals surface area contributed by atoms with Crippen LogP contribution in [0, 0.1) is 5.92 Å². The van der Waals surface area contributed by atoms with E-state index >= 15 is 0 Å². The molecule has 0 aliphatic heterocycles. The number of carbonyl (C=O) groups is 1. The van der Waals surface area contributed by atoms with Gasteiger partial charge in [-0.1, -0.05) is 39.8 Å². The second kappa shape index (κ2) is 7.94. The van der Waals surface area contributed by atoms with Crippen LogP contribution in [0.15, 0.2) is 23.8 Å². The highest BCUT2D eigenvalue weighted by Gasteiger charge is 2.40. The maximum atomic E-state index is 11.3. The zero-order chi connectivity index (χ0) is 16.8. The summed E-state index contributed by atoms with van der Waals surface area (Å²) in [6.07, 6.45) is 5.43. The van der Waals surface area contributed by atoms with Crippen molar-refractivity contribution in [3.8, 4) is 0 Å². The summed E-state index contributed by atoms with van der Waals surface area (Å²) in [5.41, 5.74) is 1.20. The average molecular weight is 313 g/mol. The first-order valence-electron chi connectivity index (χ1n) is 7.53. The van der Waals surface area contributed by atoms with Crippen LogP contribution >= 0.6 is 0 Å². The van der Waals surface area contributed by atoms with Gasteiger partial charge < -0.3 is 9.16 Å². The third-order valence-corrected chi connectivity index (χ3v) is 8.80. The summed E-state index contributed by atoms with van der Waals surface area (Å²) < 4.78 is 11.2. The number of carbonyl (C=O) groups excluding carboxylic acids is 1. The summed E-state index contributed by atoms with van der Waals surface area (Å²) in [6, 6.07) is 0. The van der Waals surface area contributed by atoms with E-state index in [2.05, 4.69) is 58.5 Å². The van der Waals surface area contributed by atoms with E-state index < -0.39 is 8.32 Å². The molecule has 0 spiro atoms. The van der Waals surface area contributed by atoms with Crippen LogP contribution in [0.3, 0.4) is 0 Å². The Morgan fingerprint density at radius 1 is 1.24 bits per heavy atom. The van der Waals surface area contributed by atoms with Crippen LogP contribution in [0.5, 0.6) is 0 Å². The Morgan fingerprint density at radius 2 is 1.76 bits per heavy atom. The summed E-state index contributed by atoms with van der Waals surface area (Å²) in [5.74, 6) is -0.208. The van der Waals surface area contributed by atoms with Gasteiger partial charge in [-0.05, 0) is 37.6 Å². The van der Waals surface area contributed by atoms with E-state index in [4.69, 9.17) is 4.43 Å². The summed E-state index contributed by atoms with van der Waals surface area (Å²) in [5, 5.41) is 0.158. The fourth-order valence-electron chi connectivity index (χ4n) is 1.67. The molecule has 0 unspecified atom stereocenters. The number of allylic oxidation sites excluding steroid dienone is 1. The molecule has 0 aromatic heterocycles. The first kappa shape index (κ1) is 20.1. The third-order valence-electron chi connectivity index (χ3n) is 4.35. The minimum Gasteiger partial charge on any atom is -0.466 e. The van der Waals surface area contributed by atoms with E-state index in [1.165, 1.54) is 18.8 Å². The lowest BCUT2D eigenvalue weighted by Crippen LogP contribution is -2.45. The van der Waals surface area contributed by atoms with Crippen molar-refractivity contribution in [2.75, 3.05) is 7.11 Å². The van der Waals surface area contributed by atoms with Crippen molar-refractivity contribution < 1.29 is 14.0 Å². The summed E-state index contributed by atoms with van der Waals surface area (Å²) in [4.78, 5) is 11.3. The Hall–Kier alpha value is -0.873. The molecule has 122 valence electrons. The highest BCUT2D eigenvalue weighted by atomic mass is 28.4. The highest BCUT2D eigenvalue weighted by Crippen LogP contribution is 2.39. The minimum atomic E-state index is -1.87. The second-order valence-electron chi connectivity index (χ2n) is 7.07. The fourth-order valence-corrected chi connectivity index (χ4v) is 3.06. The lowest BCUT2D eigenvalue weighted by molar-refractivity contribution is -0.134. The lowest BCUT2D eigenvalue weighted by Gasteiger charge is -2.41. The van der Waals surface area contributed by atoms with Gasteiger partial charge in [-0.3, -0.25) is 0 Å². The number of hydrogen-bond acceptors (Lipinski definition) is 3. The Morgan fingerprint density at radius 3 is 2.14 bits per heavy atom. The zero-order valence-electron chi connectivity index (χ0n) is 15.1. The second-order valence-corrected chi connectivity index (χ2v) is 11.8. The molecule has 0 rings (SSSR count). The molecule has 21 heavy (non-hydrogen) atoms. The Labute approximate surface area is 131 Å². The quantitative estimate of drug-likeness (QED) is 0.308. The van der Waals surface area contributed by atoms with Crippen LogP contribution in [0.25, 0.3) is 0 Å². The Bertz CT molecular complexity index is 403. The van der Waals surface area contributed by atoms with Crippen LogP contribution in [0.2, 0.25) is 18.1 Å².